The highest BCUT2D eigenvalue weighted by atomic mass is 19.1. The zero-order valence-electron chi connectivity index (χ0n) is 16.5. The van der Waals surface area contributed by atoms with Crippen LogP contribution >= 0.6 is 0 Å². The smallest absolute Gasteiger partial charge is 0.257 e. The summed E-state index contributed by atoms with van der Waals surface area (Å²) in [6.45, 7) is 0. The molecule has 0 saturated heterocycles. The molecule has 3 N–H and O–H groups in total. The quantitative estimate of drug-likeness (QED) is 0.484. The normalized spacial score (nSPS) is 11.8. The number of nitrogens with one attached hydrogen (secondary N) is 1. The van der Waals surface area contributed by atoms with Crippen molar-refractivity contribution in [1.82, 2.24) is 19.7 Å². The van der Waals surface area contributed by atoms with Gasteiger partial charge in [-0.05, 0) is 29.8 Å². The summed E-state index contributed by atoms with van der Waals surface area (Å²) in [4.78, 5) is 24.8. The van der Waals surface area contributed by atoms with E-state index in [1.165, 1.54) is 16.9 Å². The van der Waals surface area contributed by atoms with Crippen LogP contribution in [0.5, 0.6) is 0 Å². The minimum Gasteiger partial charge on any atom is -0.370 e. The standard InChI is InChI=1S/C23H20FN5O2/c24-18-10-4-5-11-20(18)29-23(28-12-6-7-13-28)17(15-26-29)22(31)27-19(14-21(25)30)16-8-2-1-3-9-16/h1-13,15,19H,14H2,(H2,25,30)(H,27,31)/t19-/m0/s1. The summed E-state index contributed by atoms with van der Waals surface area (Å²) < 4.78 is 17.5. The third-order valence-corrected chi connectivity index (χ3v) is 4.83. The largest absolute Gasteiger partial charge is 0.370 e. The van der Waals surface area contributed by atoms with Crippen molar-refractivity contribution in [3.8, 4) is 11.5 Å². The average Bonchev–Trinajstić information content (AvgIpc) is 3.43. The van der Waals surface area contributed by atoms with E-state index < -0.39 is 23.7 Å². The molecule has 0 fully saturated rings. The maximum Gasteiger partial charge on any atom is 0.257 e. The molecule has 4 aromatic rings. The molecule has 0 spiro atoms. The molecule has 2 aromatic heterocycles. The molecule has 0 aliphatic rings. The number of hydrogen-bond acceptors (Lipinski definition) is 3. The second-order valence-electron chi connectivity index (χ2n) is 6.94. The highest BCUT2D eigenvalue weighted by Gasteiger charge is 2.24. The molecular weight excluding hydrogens is 397 g/mol. The SMILES string of the molecule is NC(=O)C[C@H](NC(=O)c1cnn(-c2ccccc2F)c1-n1cccc1)c1ccccc1. The summed E-state index contributed by atoms with van der Waals surface area (Å²) in [5, 5.41) is 7.13. The number of carbonyl (C=O) groups is 2. The molecule has 7 nitrogen and oxygen atoms in total. The van der Waals surface area contributed by atoms with Gasteiger partial charge in [-0.1, -0.05) is 42.5 Å². The van der Waals surface area contributed by atoms with Crippen LogP contribution in [0.15, 0.2) is 85.3 Å². The lowest BCUT2D eigenvalue weighted by Gasteiger charge is -2.18. The number of nitrogens with two attached hydrogens (primary N) is 1. The van der Waals surface area contributed by atoms with Crippen molar-refractivity contribution in [3.05, 3.63) is 102 Å². The van der Waals surface area contributed by atoms with Gasteiger partial charge in [-0.15, -0.1) is 0 Å². The number of aromatic nitrogens is 3. The minimum atomic E-state index is -0.611. The van der Waals surface area contributed by atoms with Gasteiger partial charge in [-0.3, -0.25) is 9.59 Å². The van der Waals surface area contributed by atoms with Crippen molar-refractivity contribution in [2.24, 2.45) is 5.73 Å². The van der Waals surface area contributed by atoms with Gasteiger partial charge in [-0.2, -0.15) is 5.10 Å². The van der Waals surface area contributed by atoms with Crippen molar-refractivity contribution >= 4 is 11.8 Å². The second-order valence-corrected chi connectivity index (χ2v) is 6.94. The average molecular weight is 417 g/mol. The van der Waals surface area contributed by atoms with E-state index in [9.17, 15) is 14.0 Å². The number of primary amides is 1. The second kappa shape index (κ2) is 8.66. The van der Waals surface area contributed by atoms with E-state index in [0.29, 0.717) is 5.82 Å². The third-order valence-electron chi connectivity index (χ3n) is 4.83. The molecule has 4 rings (SSSR count). The van der Waals surface area contributed by atoms with Gasteiger partial charge < -0.3 is 15.6 Å². The molecule has 0 unspecified atom stereocenters. The van der Waals surface area contributed by atoms with Gasteiger partial charge in [0.05, 0.1) is 18.7 Å². The maximum absolute atomic E-state index is 14.5. The molecule has 0 saturated carbocycles. The Labute approximate surface area is 177 Å². The summed E-state index contributed by atoms with van der Waals surface area (Å²) in [6, 6.07) is 18.2. The van der Waals surface area contributed by atoms with Crippen LogP contribution in [0.25, 0.3) is 11.5 Å². The van der Waals surface area contributed by atoms with E-state index in [4.69, 9.17) is 5.73 Å². The van der Waals surface area contributed by atoms with Crippen LogP contribution in [0.1, 0.15) is 28.4 Å². The van der Waals surface area contributed by atoms with E-state index in [1.807, 2.05) is 30.3 Å². The van der Waals surface area contributed by atoms with Gasteiger partial charge in [0.15, 0.2) is 5.82 Å². The predicted molar refractivity (Wildman–Crippen MR) is 113 cm³/mol. The van der Waals surface area contributed by atoms with Gasteiger partial charge in [-0.25, -0.2) is 9.07 Å². The van der Waals surface area contributed by atoms with Crippen molar-refractivity contribution in [2.45, 2.75) is 12.5 Å². The molecule has 0 aliphatic heterocycles. The summed E-state index contributed by atoms with van der Waals surface area (Å²) in [5.74, 6) is -1.09. The van der Waals surface area contributed by atoms with Gasteiger partial charge in [0.1, 0.15) is 17.1 Å². The van der Waals surface area contributed by atoms with E-state index in [0.717, 1.165) is 5.56 Å². The number of hydrogen-bond donors (Lipinski definition) is 2. The lowest BCUT2D eigenvalue weighted by Crippen LogP contribution is -2.32. The van der Waals surface area contributed by atoms with Crippen LogP contribution in [0.2, 0.25) is 0 Å². The Bertz CT molecular complexity index is 1200. The number of para-hydroxylation sites is 1. The van der Waals surface area contributed by atoms with E-state index in [-0.39, 0.29) is 17.7 Å². The first-order valence-electron chi connectivity index (χ1n) is 9.65. The molecule has 2 aromatic carbocycles. The topological polar surface area (TPSA) is 94.9 Å². The highest BCUT2D eigenvalue weighted by Crippen LogP contribution is 2.23. The zero-order chi connectivity index (χ0) is 21.8. The number of carbonyl (C=O) groups excluding carboxylic acids is 2. The Morgan fingerprint density at radius 3 is 2.35 bits per heavy atom. The van der Waals surface area contributed by atoms with E-state index in [2.05, 4.69) is 10.4 Å². The number of rotatable bonds is 7. The first-order valence-corrected chi connectivity index (χ1v) is 9.65. The number of benzene rings is 2. The molecule has 0 bridgehead atoms. The fraction of sp³-hybridized carbons (Fsp3) is 0.0870. The third kappa shape index (κ3) is 4.23. The first kappa shape index (κ1) is 20.1. The molecule has 1 atom stereocenters. The Morgan fingerprint density at radius 1 is 1.00 bits per heavy atom. The Morgan fingerprint density at radius 2 is 1.68 bits per heavy atom. The number of nitrogens with zero attached hydrogens (tertiary/aromatic N) is 3. The van der Waals surface area contributed by atoms with Crippen LogP contribution in [-0.4, -0.2) is 26.2 Å². The zero-order valence-corrected chi connectivity index (χ0v) is 16.5. The molecule has 31 heavy (non-hydrogen) atoms. The lowest BCUT2D eigenvalue weighted by atomic mass is 10.0. The van der Waals surface area contributed by atoms with Crippen LogP contribution in [0.4, 0.5) is 4.39 Å². The molecule has 0 aliphatic carbocycles. The number of halogens is 1. The lowest BCUT2D eigenvalue weighted by molar-refractivity contribution is -0.118. The van der Waals surface area contributed by atoms with Crippen molar-refractivity contribution in [2.75, 3.05) is 0 Å². The van der Waals surface area contributed by atoms with Crippen LogP contribution < -0.4 is 11.1 Å². The molecule has 8 heteroatoms. The molecule has 2 heterocycles. The monoisotopic (exact) mass is 417 g/mol. The Kier molecular flexibility index (Phi) is 5.61. The van der Waals surface area contributed by atoms with Crippen LogP contribution in [-0.2, 0) is 4.79 Å². The summed E-state index contributed by atoms with van der Waals surface area (Å²) >= 11 is 0. The van der Waals surface area contributed by atoms with Crippen LogP contribution in [0.3, 0.4) is 0 Å². The maximum atomic E-state index is 14.5. The highest BCUT2D eigenvalue weighted by molar-refractivity contribution is 5.97. The van der Waals surface area contributed by atoms with E-state index in [1.54, 1.807) is 47.3 Å². The van der Waals surface area contributed by atoms with Gasteiger partial charge in [0, 0.05) is 12.4 Å². The first-order chi connectivity index (χ1) is 15.0. The summed E-state index contributed by atoms with van der Waals surface area (Å²) in [5.41, 5.74) is 6.58. The summed E-state index contributed by atoms with van der Waals surface area (Å²) in [6.07, 6.45) is 4.80. The Balaban J connectivity index is 1.74. The number of amides is 2. The Hall–Kier alpha value is -4.20. The summed E-state index contributed by atoms with van der Waals surface area (Å²) in [7, 11) is 0. The van der Waals surface area contributed by atoms with Crippen molar-refractivity contribution in [1.29, 1.82) is 0 Å². The van der Waals surface area contributed by atoms with Crippen molar-refractivity contribution in [3.63, 3.8) is 0 Å². The minimum absolute atomic E-state index is 0.0595. The van der Waals surface area contributed by atoms with Gasteiger partial charge >= 0.3 is 0 Å². The molecule has 0 radical (unpaired) electrons. The van der Waals surface area contributed by atoms with Gasteiger partial charge in [0.25, 0.3) is 5.91 Å². The fourth-order valence-electron chi connectivity index (χ4n) is 3.40. The van der Waals surface area contributed by atoms with Crippen molar-refractivity contribution < 1.29 is 14.0 Å². The predicted octanol–water partition coefficient (Wildman–Crippen LogP) is 3.15. The van der Waals surface area contributed by atoms with Gasteiger partial charge in [0.2, 0.25) is 5.91 Å². The van der Waals surface area contributed by atoms with Crippen LogP contribution in [0, 0.1) is 5.82 Å². The molecular formula is C23H20FN5O2. The fourth-order valence-corrected chi connectivity index (χ4v) is 3.40. The molecule has 156 valence electrons. The van der Waals surface area contributed by atoms with E-state index >= 15 is 0 Å². The molecule has 2 amide bonds.